The lowest BCUT2D eigenvalue weighted by molar-refractivity contribution is 0.0883. The van der Waals surface area contributed by atoms with Crippen molar-refractivity contribution in [2.75, 3.05) is 0 Å². The van der Waals surface area contributed by atoms with Gasteiger partial charge in [0.1, 0.15) is 0 Å². The van der Waals surface area contributed by atoms with Gasteiger partial charge in [-0.05, 0) is 35.4 Å². The first-order chi connectivity index (χ1) is 16.7. The van der Waals surface area contributed by atoms with Gasteiger partial charge in [0.05, 0.1) is 22.1 Å². The Morgan fingerprint density at radius 2 is 1.03 bits per heavy atom. The molecule has 4 heterocycles. The lowest BCUT2D eigenvalue weighted by Crippen LogP contribution is -2.20. The zero-order valence-corrected chi connectivity index (χ0v) is 19.6. The summed E-state index contributed by atoms with van der Waals surface area (Å²) in [4.78, 5) is 35.2. The second kappa shape index (κ2) is 7.58. The minimum absolute atomic E-state index is 0.0238. The van der Waals surface area contributed by atoms with Crippen LogP contribution in [0.25, 0.3) is 22.1 Å². The summed E-state index contributed by atoms with van der Waals surface area (Å²) in [6.07, 6.45) is 0.857. The van der Waals surface area contributed by atoms with Crippen LogP contribution in [0.15, 0.2) is 83.1 Å². The number of imidazole rings is 2. The van der Waals surface area contributed by atoms with Crippen molar-refractivity contribution < 1.29 is 9.59 Å². The number of nitrogens with zero attached hydrogens (tertiary/aromatic N) is 4. The van der Waals surface area contributed by atoms with E-state index in [9.17, 15) is 9.59 Å². The quantitative estimate of drug-likeness (QED) is 0.301. The maximum absolute atomic E-state index is 12.9. The molecular weight excluding hydrogens is 464 g/mol. The van der Waals surface area contributed by atoms with E-state index < -0.39 is 0 Å². The van der Waals surface area contributed by atoms with Crippen molar-refractivity contribution in [3.63, 3.8) is 0 Å². The Hall–Kier alpha value is -3.36. The third-order valence-corrected chi connectivity index (χ3v) is 8.87. The first kappa shape index (κ1) is 20.1. The zero-order chi connectivity index (χ0) is 22.8. The van der Waals surface area contributed by atoms with Gasteiger partial charge in [-0.2, -0.15) is 0 Å². The molecule has 0 amide bonds. The van der Waals surface area contributed by atoms with E-state index in [0.29, 0.717) is 12.8 Å². The fourth-order valence-corrected chi connectivity index (χ4v) is 7.24. The molecule has 0 unspecified atom stereocenters. The van der Waals surface area contributed by atoms with Crippen molar-refractivity contribution in [1.82, 2.24) is 19.1 Å². The average Bonchev–Trinajstić information content (AvgIpc) is 3.42. The molecule has 3 aromatic carbocycles. The highest BCUT2D eigenvalue weighted by Gasteiger charge is 2.32. The summed E-state index contributed by atoms with van der Waals surface area (Å²) in [5.41, 5.74) is 5.63. The molecule has 6 nitrogen and oxygen atoms in total. The monoisotopic (exact) mass is 482 g/mol. The number of carbonyl (C=O) groups excluding carboxylic acids is 2. The highest BCUT2D eigenvalue weighted by atomic mass is 32.2. The first-order valence-electron chi connectivity index (χ1n) is 11.1. The number of rotatable bonds is 2. The van der Waals surface area contributed by atoms with Crippen LogP contribution in [0.3, 0.4) is 0 Å². The van der Waals surface area contributed by atoms with Crippen molar-refractivity contribution in [2.45, 2.75) is 33.7 Å². The molecule has 34 heavy (non-hydrogen) atoms. The molecule has 0 saturated heterocycles. The van der Waals surface area contributed by atoms with Crippen LogP contribution in [0, 0.1) is 0 Å². The Kier molecular flexibility index (Phi) is 4.47. The van der Waals surface area contributed by atoms with E-state index in [1.807, 2.05) is 48.5 Å². The maximum atomic E-state index is 12.9. The summed E-state index contributed by atoms with van der Waals surface area (Å²) in [7, 11) is 0. The van der Waals surface area contributed by atoms with E-state index in [1.54, 1.807) is 32.7 Å². The van der Waals surface area contributed by atoms with Crippen LogP contribution in [-0.4, -0.2) is 30.9 Å². The molecule has 8 heteroatoms. The molecule has 0 N–H and O–H groups in total. The normalized spacial score (nSPS) is 20.0. The van der Waals surface area contributed by atoms with E-state index in [1.165, 1.54) is 0 Å². The number of benzene rings is 3. The van der Waals surface area contributed by atoms with Crippen LogP contribution >= 0.6 is 23.5 Å². The Balaban J connectivity index is 1.16. The fourth-order valence-electron chi connectivity index (χ4n) is 4.78. The first-order valence-corrected chi connectivity index (χ1v) is 12.9. The minimum atomic E-state index is 0.0238. The minimum Gasteiger partial charge on any atom is -0.274 e. The van der Waals surface area contributed by atoms with Gasteiger partial charge in [0, 0.05) is 23.3 Å². The number of carbonyl (C=O) groups is 2. The molecule has 0 radical (unpaired) electrons. The van der Waals surface area contributed by atoms with Crippen molar-refractivity contribution in [3.05, 3.63) is 83.9 Å². The topological polar surface area (TPSA) is 69.8 Å². The summed E-state index contributed by atoms with van der Waals surface area (Å²) >= 11 is 3.27. The van der Waals surface area contributed by atoms with E-state index in [0.717, 1.165) is 43.5 Å². The molecule has 0 aliphatic carbocycles. The third kappa shape index (κ3) is 3.05. The number of aromatic nitrogens is 4. The molecule has 0 saturated carbocycles. The molecule has 5 aromatic rings. The van der Waals surface area contributed by atoms with Gasteiger partial charge in [0.25, 0.3) is 0 Å². The van der Waals surface area contributed by atoms with Gasteiger partial charge in [-0.1, -0.05) is 72.1 Å². The van der Waals surface area contributed by atoms with Gasteiger partial charge in [-0.15, -0.1) is 0 Å². The van der Waals surface area contributed by atoms with E-state index in [2.05, 4.69) is 34.2 Å². The predicted molar refractivity (Wildman–Crippen MR) is 134 cm³/mol. The highest BCUT2D eigenvalue weighted by Crippen LogP contribution is 2.45. The molecule has 2 atom stereocenters. The number of fused-ring (bicyclic) bond motifs is 6. The lowest BCUT2D eigenvalue weighted by Gasteiger charge is -2.24. The van der Waals surface area contributed by atoms with Crippen molar-refractivity contribution in [3.8, 4) is 0 Å². The van der Waals surface area contributed by atoms with Gasteiger partial charge in [0.2, 0.25) is 11.8 Å². The molecule has 0 fully saturated rings. The van der Waals surface area contributed by atoms with Gasteiger partial charge in [-0.3, -0.25) is 18.7 Å². The largest absolute Gasteiger partial charge is 0.274 e. The Morgan fingerprint density at radius 1 is 0.618 bits per heavy atom. The average molecular weight is 483 g/mol. The predicted octanol–water partition coefficient (Wildman–Crippen LogP) is 6.14. The van der Waals surface area contributed by atoms with E-state index in [-0.39, 0.29) is 22.3 Å². The van der Waals surface area contributed by atoms with Gasteiger partial charge < -0.3 is 0 Å². The lowest BCUT2D eigenvalue weighted by atomic mass is 10.0. The van der Waals surface area contributed by atoms with Crippen molar-refractivity contribution in [2.24, 2.45) is 0 Å². The Morgan fingerprint density at radius 3 is 1.47 bits per heavy atom. The molecule has 0 spiro atoms. The van der Waals surface area contributed by atoms with Crippen LogP contribution in [0.5, 0.6) is 0 Å². The summed E-state index contributed by atoms with van der Waals surface area (Å²) in [6.45, 7) is 0. The second-order valence-electron chi connectivity index (χ2n) is 8.51. The molecule has 166 valence electrons. The molecule has 0 bridgehead atoms. The van der Waals surface area contributed by atoms with Gasteiger partial charge in [0.15, 0.2) is 10.3 Å². The SMILES string of the molecule is O=C1C[C@@H](c2ccc([C@@H]3CC(=O)n4c(nc5ccccc54)S3)cc2)Sc2nc3ccccc3n21. The summed E-state index contributed by atoms with van der Waals surface area (Å²) in [6, 6.07) is 23.8. The molecule has 2 aliphatic rings. The Bertz CT molecular complexity index is 1500. The van der Waals surface area contributed by atoms with Crippen LogP contribution in [0.1, 0.15) is 44.1 Å². The fraction of sp³-hybridized carbons (Fsp3) is 0.154. The Labute approximate surface area is 203 Å². The molecule has 2 aliphatic heterocycles. The highest BCUT2D eigenvalue weighted by molar-refractivity contribution is 7.99. The van der Waals surface area contributed by atoms with Crippen molar-refractivity contribution in [1.29, 1.82) is 0 Å². The standard InChI is InChI=1S/C26H18N4O2S2/c31-23-13-21(33-25-27-17-5-1-3-7-19(17)29(23)25)15-9-11-16(12-10-15)22-14-24(32)30-20-8-4-2-6-18(20)28-26(30)34-22/h1-12,21-22H,13-14H2/t21-,22-/m0/s1. The molecule has 7 rings (SSSR count). The smallest absolute Gasteiger partial charge is 0.234 e. The molecular formula is C26H18N4O2S2. The van der Waals surface area contributed by atoms with Crippen LogP contribution in [0.2, 0.25) is 0 Å². The van der Waals surface area contributed by atoms with E-state index >= 15 is 0 Å². The van der Waals surface area contributed by atoms with Crippen LogP contribution in [0.4, 0.5) is 0 Å². The van der Waals surface area contributed by atoms with Crippen molar-refractivity contribution >= 4 is 57.4 Å². The zero-order valence-electron chi connectivity index (χ0n) is 17.9. The summed E-state index contributed by atoms with van der Waals surface area (Å²) in [5.74, 6) is 0.146. The van der Waals surface area contributed by atoms with E-state index in [4.69, 9.17) is 0 Å². The second-order valence-corrected chi connectivity index (χ2v) is 10.9. The van der Waals surface area contributed by atoms with Crippen LogP contribution < -0.4 is 0 Å². The number of hydrogen-bond acceptors (Lipinski definition) is 6. The molecule has 2 aromatic heterocycles. The summed E-state index contributed by atoms with van der Waals surface area (Å²) in [5, 5.41) is 1.55. The number of hydrogen-bond donors (Lipinski definition) is 0. The van der Waals surface area contributed by atoms with Gasteiger partial charge >= 0.3 is 0 Å². The maximum Gasteiger partial charge on any atom is 0.234 e. The number of thioether (sulfide) groups is 2. The summed E-state index contributed by atoms with van der Waals surface area (Å²) < 4.78 is 3.47. The van der Waals surface area contributed by atoms with Gasteiger partial charge in [-0.25, -0.2) is 9.97 Å². The third-order valence-electron chi connectivity index (χ3n) is 6.45. The van der Waals surface area contributed by atoms with Crippen LogP contribution in [-0.2, 0) is 0 Å². The number of para-hydroxylation sites is 4.